The Kier molecular flexibility index (Phi) is 4.71. The molecule has 0 aliphatic rings. The molecule has 0 aliphatic carbocycles. The third kappa shape index (κ3) is 3.30. The normalized spacial score (nSPS) is 14.5. The summed E-state index contributed by atoms with van der Waals surface area (Å²) in [4.78, 5) is 11.8. The first-order valence-corrected chi connectivity index (χ1v) is 6.31. The van der Waals surface area contributed by atoms with Gasteiger partial charge in [-0.05, 0) is 23.6 Å². The van der Waals surface area contributed by atoms with Gasteiger partial charge in [-0.15, -0.1) is 0 Å². The third-order valence-corrected chi connectivity index (χ3v) is 3.53. The molecular weight excluding hydrogens is 282 g/mol. The van der Waals surface area contributed by atoms with E-state index in [9.17, 15) is 4.79 Å². The van der Waals surface area contributed by atoms with Crippen molar-refractivity contribution in [3.63, 3.8) is 0 Å². The van der Waals surface area contributed by atoms with Crippen LogP contribution in [0.25, 0.3) is 0 Å². The molecule has 94 valence electrons. The van der Waals surface area contributed by atoms with Crippen molar-refractivity contribution < 1.29 is 9.53 Å². The van der Waals surface area contributed by atoms with Gasteiger partial charge in [-0.2, -0.15) is 0 Å². The smallest absolute Gasteiger partial charge is 0.326 e. The van der Waals surface area contributed by atoms with E-state index in [4.69, 9.17) is 10.5 Å². The number of ether oxygens (including phenoxy) is 1. The monoisotopic (exact) mass is 299 g/mol. The Morgan fingerprint density at radius 3 is 2.35 bits per heavy atom. The maximum atomic E-state index is 11.8. The number of rotatable bonds is 4. The van der Waals surface area contributed by atoms with Crippen molar-refractivity contribution >= 4 is 21.9 Å². The minimum atomic E-state index is -0.970. The van der Waals surface area contributed by atoms with Gasteiger partial charge in [0.15, 0.2) is 0 Å². The molecule has 1 aromatic rings. The molecule has 0 aliphatic heterocycles. The highest BCUT2D eigenvalue weighted by atomic mass is 79.9. The predicted molar refractivity (Wildman–Crippen MR) is 71.6 cm³/mol. The average Bonchev–Trinajstić information content (AvgIpc) is 2.30. The van der Waals surface area contributed by atoms with E-state index in [-0.39, 0.29) is 11.9 Å². The Morgan fingerprint density at radius 1 is 1.41 bits per heavy atom. The van der Waals surface area contributed by atoms with E-state index in [1.54, 1.807) is 0 Å². The van der Waals surface area contributed by atoms with E-state index in [0.717, 1.165) is 10.0 Å². The zero-order valence-corrected chi connectivity index (χ0v) is 12.0. The lowest BCUT2D eigenvalue weighted by Gasteiger charge is -2.30. The molecule has 0 unspecified atom stereocenters. The van der Waals surface area contributed by atoms with Crippen LogP contribution in [0.1, 0.15) is 19.4 Å². The Hall–Kier alpha value is -0.870. The van der Waals surface area contributed by atoms with Gasteiger partial charge in [0.1, 0.15) is 5.54 Å². The van der Waals surface area contributed by atoms with Crippen molar-refractivity contribution in [3.05, 3.63) is 34.3 Å². The summed E-state index contributed by atoms with van der Waals surface area (Å²) in [5.74, 6) is -0.353. The summed E-state index contributed by atoms with van der Waals surface area (Å²) in [6, 6.07) is 7.79. The van der Waals surface area contributed by atoms with Crippen molar-refractivity contribution in [2.45, 2.75) is 25.8 Å². The fourth-order valence-corrected chi connectivity index (χ4v) is 1.91. The van der Waals surface area contributed by atoms with Crippen LogP contribution in [0.2, 0.25) is 0 Å². The number of nitrogens with two attached hydrogens (primary N) is 1. The molecule has 0 amide bonds. The topological polar surface area (TPSA) is 52.3 Å². The van der Waals surface area contributed by atoms with Crippen LogP contribution in [0.5, 0.6) is 0 Å². The van der Waals surface area contributed by atoms with Gasteiger partial charge < -0.3 is 10.5 Å². The molecule has 4 heteroatoms. The predicted octanol–water partition coefficient (Wildman–Crippen LogP) is 2.52. The van der Waals surface area contributed by atoms with Crippen LogP contribution >= 0.6 is 15.9 Å². The second kappa shape index (κ2) is 5.65. The van der Waals surface area contributed by atoms with E-state index >= 15 is 0 Å². The maximum absolute atomic E-state index is 11.8. The van der Waals surface area contributed by atoms with Gasteiger partial charge in [-0.25, -0.2) is 0 Å². The summed E-state index contributed by atoms with van der Waals surface area (Å²) in [7, 11) is 1.37. The molecule has 0 aromatic heterocycles. The van der Waals surface area contributed by atoms with Crippen LogP contribution in [-0.4, -0.2) is 18.6 Å². The lowest BCUT2D eigenvalue weighted by Crippen LogP contribution is -2.54. The molecule has 2 N–H and O–H groups in total. The van der Waals surface area contributed by atoms with Crippen LogP contribution in [0.4, 0.5) is 0 Å². The fourth-order valence-electron chi connectivity index (χ4n) is 1.64. The zero-order valence-electron chi connectivity index (χ0n) is 10.4. The molecular formula is C13H18BrNO2. The summed E-state index contributed by atoms with van der Waals surface area (Å²) in [5.41, 5.74) is 6.23. The number of carbonyl (C=O) groups is 1. The number of esters is 1. The minimum absolute atomic E-state index is 0.0126. The summed E-state index contributed by atoms with van der Waals surface area (Å²) in [6.45, 7) is 3.85. The molecule has 0 spiro atoms. The highest BCUT2D eigenvalue weighted by Gasteiger charge is 2.38. The van der Waals surface area contributed by atoms with Crippen molar-refractivity contribution in [2.75, 3.05) is 7.11 Å². The highest BCUT2D eigenvalue weighted by Crippen LogP contribution is 2.22. The second-order valence-corrected chi connectivity index (χ2v) is 5.41. The fraction of sp³-hybridized carbons (Fsp3) is 0.462. The zero-order chi connectivity index (χ0) is 13.1. The Bertz CT molecular complexity index is 389. The van der Waals surface area contributed by atoms with Crippen molar-refractivity contribution in [1.29, 1.82) is 0 Å². The first-order valence-electron chi connectivity index (χ1n) is 5.52. The van der Waals surface area contributed by atoms with Gasteiger partial charge in [-0.1, -0.05) is 41.9 Å². The summed E-state index contributed by atoms with van der Waals surface area (Å²) in [6.07, 6.45) is 0.477. The third-order valence-electron chi connectivity index (χ3n) is 3.01. The van der Waals surface area contributed by atoms with Gasteiger partial charge in [0.05, 0.1) is 7.11 Å². The number of hydrogen-bond donors (Lipinski definition) is 1. The highest BCUT2D eigenvalue weighted by molar-refractivity contribution is 9.10. The van der Waals surface area contributed by atoms with E-state index in [0.29, 0.717) is 6.42 Å². The standard InChI is InChI=1S/C13H18BrNO2/c1-9(2)13(15,12(16)17-3)8-10-4-6-11(14)7-5-10/h4-7,9H,8,15H2,1-3H3/t13-/m1/s1. The minimum Gasteiger partial charge on any atom is -0.468 e. The maximum Gasteiger partial charge on any atom is 0.326 e. The van der Waals surface area contributed by atoms with Gasteiger partial charge in [0.2, 0.25) is 0 Å². The molecule has 17 heavy (non-hydrogen) atoms. The Morgan fingerprint density at radius 2 is 1.94 bits per heavy atom. The van der Waals surface area contributed by atoms with Crippen molar-refractivity contribution in [1.82, 2.24) is 0 Å². The molecule has 3 nitrogen and oxygen atoms in total. The Labute approximate surface area is 110 Å². The lowest BCUT2D eigenvalue weighted by molar-refractivity contribution is -0.148. The molecule has 1 aromatic carbocycles. The van der Waals surface area contributed by atoms with Crippen LogP contribution in [0.3, 0.4) is 0 Å². The number of carbonyl (C=O) groups excluding carboxylic acids is 1. The van der Waals surface area contributed by atoms with Gasteiger partial charge >= 0.3 is 5.97 Å². The van der Waals surface area contributed by atoms with E-state index in [1.165, 1.54) is 7.11 Å². The number of halogens is 1. The number of benzene rings is 1. The van der Waals surface area contributed by atoms with E-state index in [1.807, 2.05) is 38.1 Å². The first kappa shape index (κ1) is 14.2. The molecule has 1 atom stereocenters. The number of hydrogen-bond acceptors (Lipinski definition) is 3. The quantitative estimate of drug-likeness (QED) is 0.869. The average molecular weight is 300 g/mol. The largest absolute Gasteiger partial charge is 0.468 e. The van der Waals surface area contributed by atoms with Crippen LogP contribution in [-0.2, 0) is 16.0 Å². The van der Waals surface area contributed by atoms with E-state index in [2.05, 4.69) is 15.9 Å². The summed E-state index contributed by atoms with van der Waals surface area (Å²) < 4.78 is 5.81. The summed E-state index contributed by atoms with van der Waals surface area (Å²) >= 11 is 3.37. The lowest BCUT2D eigenvalue weighted by atomic mass is 9.82. The molecule has 0 radical (unpaired) electrons. The van der Waals surface area contributed by atoms with E-state index < -0.39 is 5.54 Å². The molecule has 1 rings (SSSR count). The van der Waals surface area contributed by atoms with Crippen molar-refractivity contribution in [2.24, 2.45) is 11.7 Å². The van der Waals surface area contributed by atoms with Crippen LogP contribution in [0, 0.1) is 5.92 Å². The second-order valence-electron chi connectivity index (χ2n) is 4.49. The van der Waals surface area contributed by atoms with Gasteiger partial charge in [0.25, 0.3) is 0 Å². The SMILES string of the molecule is COC(=O)[C@@](N)(Cc1ccc(Br)cc1)C(C)C. The summed E-state index contributed by atoms with van der Waals surface area (Å²) in [5, 5.41) is 0. The molecule has 0 bridgehead atoms. The number of methoxy groups -OCH3 is 1. The molecule has 0 heterocycles. The van der Waals surface area contributed by atoms with Crippen molar-refractivity contribution in [3.8, 4) is 0 Å². The molecule has 0 saturated heterocycles. The first-order chi connectivity index (χ1) is 7.90. The van der Waals surface area contributed by atoms with Gasteiger partial charge in [-0.3, -0.25) is 4.79 Å². The van der Waals surface area contributed by atoms with Crippen LogP contribution < -0.4 is 5.73 Å². The molecule has 0 saturated carbocycles. The van der Waals surface area contributed by atoms with Crippen LogP contribution in [0.15, 0.2) is 28.7 Å². The molecule has 0 fully saturated rings. The van der Waals surface area contributed by atoms with Gasteiger partial charge in [0, 0.05) is 10.9 Å². The Balaban J connectivity index is 2.95.